The molecule has 2 aromatic carbocycles. The van der Waals surface area contributed by atoms with E-state index in [-0.39, 0.29) is 99.9 Å². The Morgan fingerprint density at radius 2 is 1.09 bits per heavy atom. The van der Waals surface area contributed by atoms with Crippen molar-refractivity contribution in [2.24, 2.45) is 0 Å². The molecule has 432 valence electrons. The average molecular weight is 1170 g/mol. The van der Waals surface area contributed by atoms with Crippen LogP contribution in [0.5, 0.6) is 11.5 Å². The SMILES string of the molecule is CCOP(=O)(COc1ccc2c(c1)c(C(C)=O)cn2CC(=O)N1CC[C@H]1C(=O)Nc1cccc(C)n1)OCC.CCOP(=O)(COc1ccc2c(c1)c(C(C)=O)cn2CC(=O)O)OCC.Cc1cccc(NC(=O)[C@@H]2CCN2)n1.Cl. The molecule has 2 atom stereocenters. The molecule has 6 aromatic rings. The first-order valence-electron chi connectivity index (χ1n) is 25.7. The molecular weight excluding hydrogens is 1100 g/mol. The van der Waals surface area contributed by atoms with E-state index in [2.05, 4.69) is 25.9 Å². The molecule has 2 saturated heterocycles. The minimum absolute atomic E-state index is 0. The second-order valence-corrected chi connectivity index (χ2v) is 22.1. The number of halogens is 1. The lowest BCUT2D eigenvalue weighted by atomic mass is 10.0. The number of aliphatic carboxylic acids is 1. The van der Waals surface area contributed by atoms with Gasteiger partial charge in [-0.15, -0.1) is 12.4 Å². The highest BCUT2D eigenvalue weighted by Crippen LogP contribution is 2.49. The molecule has 0 unspecified atom stereocenters. The summed E-state index contributed by atoms with van der Waals surface area (Å²) in [6.07, 6.45) is 4.08. The van der Waals surface area contributed by atoms with Crippen molar-refractivity contribution in [1.29, 1.82) is 0 Å². The third kappa shape index (κ3) is 17.3. The molecule has 80 heavy (non-hydrogen) atoms. The van der Waals surface area contributed by atoms with Crippen LogP contribution in [0.1, 0.15) is 86.5 Å². The second-order valence-electron chi connectivity index (χ2n) is 18.1. The number of hydrogen-bond donors (Lipinski definition) is 4. The minimum atomic E-state index is -3.42. The fraction of sp³-hybridized carbons (Fsp3) is 0.407. The number of benzene rings is 2. The van der Waals surface area contributed by atoms with Crippen molar-refractivity contribution in [3.05, 3.63) is 108 Å². The van der Waals surface area contributed by atoms with Gasteiger partial charge in [0.2, 0.25) is 17.7 Å². The number of anilines is 2. The highest BCUT2D eigenvalue weighted by atomic mass is 35.5. The van der Waals surface area contributed by atoms with Gasteiger partial charge in [0.05, 0.1) is 32.5 Å². The number of nitrogens with one attached hydrogen (secondary N) is 3. The molecule has 3 amide bonds. The molecule has 0 bridgehead atoms. The number of hydrogen-bond acceptors (Lipinski definition) is 17. The number of pyridine rings is 2. The number of aryl methyl sites for hydroxylation is 2. The van der Waals surface area contributed by atoms with Crippen LogP contribution >= 0.6 is 27.6 Å². The molecule has 0 spiro atoms. The summed E-state index contributed by atoms with van der Waals surface area (Å²) >= 11 is 0. The van der Waals surface area contributed by atoms with Gasteiger partial charge in [-0.05, 0) is 135 Å². The summed E-state index contributed by atoms with van der Waals surface area (Å²) in [4.78, 5) is 82.7. The lowest BCUT2D eigenvalue weighted by molar-refractivity contribution is -0.145. The van der Waals surface area contributed by atoms with Gasteiger partial charge in [-0.1, -0.05) is 12.1 Å². The number of ketones is 2. The number of fused-ring (bicyclic) bond motifs is 2. The molecule has 2 aliphatic rings. The number of amides is 3. The van der Waals surface area contributed by atoms with Gasteiger partial charge in [-0.25, -0.2) is 9.97 Å². The first kappa shape index (κ1) is 64.0. The maximum atomic E-state index is 13.2. The van der Waals surface area contributed by atoms with E-state index in [0.717, 1.165) is 24.4 Å². The molecule has 8 rings (SSSR count). The summed E-state index contributed by atoms with van der Waals surface area (Å²) in [5.74, 6) is -0.0443. The Kier molecular flexibility index (Phi) is 23.7. The summed E-state index contributed by atoms with van der Waals surface area (Å²) in [6.45, 7) is 15.4. The zero-order valence-electron chi connectivity index (χ0n) is 45.9. The van der Waals surface area contributed by atoms with Crippen molar-refractivity contribution in [1.82, 2.24) is 29.3 Å². The summed E-state index contributed by atoms with van der Waals surface area (Å²) in [7, 11) is -6.78. The van der Waals surface area contributed by atoms with E-state index in [4.69, 9.17) is 32.7 Å². The number of carboxylic acids is 1. The predicted molar refractivity (Wildman–Crippen MR) is 303 cm³/mol. The number of carboxylic acid groups (broad SMARTS) is 1. The second kappa shape index (κ2) is 29.6. The molecule has 2 aliphatic heterocycles. The Balaban J connectivity index is 0.000000245. The fourth-order valence-electron chi connectivity index (χ4n) is 8.37. The molecule has 4 N–H and O–H groups in total. The third-order valence-electron chi connectivity index (χ3n) is 12.2. The molecular formula is C54H69ClN8O15P2. The largest absolute Gasteiger partial charge is 0.481 e. The normalized spacial score (nSPS) is 14.7. The monoisotopic (exact) mass is 1170 g/mol. The smallest absolute Gasteiger partial charge is 0.367 e. The molecule has 6 heterocycles. The van der Waals surface area contributed by atoms with Crippen LogP contribution < -0.4 is 25.4 Å². The standard InChI is InChI=1S/C27H33N4O7P.C17H22NO7P.C10H13N3O.ClH/c1-5-37-39(35,38-6-2)17-36-20-10-11-23-21(14-20)22(19(4)32)15-30(23)16-26(33)31-13-12-24(31)27(34)29-25-9-7-8-18(3)28-25;1-4-24-26(22,25-5-2)11-23-13-6-7-16-14(8-13)15(12(3)19)9-18(16)10-17(20)21;1-7-3-2-4-9(12-7)13-10(14)8-5-6-11-8;/h7-11,14-15,24H,5-6,12-13,16-17H2,1-4H3,(H,28,29,34);6-9H,4-5,10-11H2,1-3H3,(H,20,21);2-4,8,11H,5-6H2,1H3,(H,12,13,14);1H/t24-;;8-;/m0.0./s1. The van der Waals surface area contributed by atoms with Crippen molar-refractivity contribution >= 4 is 96.3 Å². The van der Waals surface area contributed by atoms with Gasteiger partial charge in [0.1, 0.15) is 42.3 Å². The lowest BCUT2D eigenvalue weighted by Gasteiger charge is -2.39. The Labute approximate surface area is 469 Å². The number of ether oxygens (including phenoxy) is 2. The van der Waals surface area contributed by atoms with Crippen LogP contribution in [0, 0.1) is 13.8 Å². The van der Waals surface area contributed by atoms with E-state index in [1.54, 1.807) is 93.1 Å². The van der Waals surface area contributed by atoms with E-state index < -0.39 is 27.2 Å². The van der Waals surface area contributed by atoms with Crippen LogP contribution in [-0.4, -0.2) is 129 Å². The van der Waals surface area contributed by atoms with Gasteiger partial charge < -0.3 is 62.7 Å². The first-order valence-corrected chi connectivity index (χ1v) is 29.2. The lowest BCUT2D eigenvalue weighted by Crippen LogP contribution is -2.57. The van der Waals surface area contributed by atoms with Crippen molar-refractivity contribution < 1.29 is 70.6 Å². The number of rotatable bonds is 24. The summed E-state index contributed by atoms with van der Waals surface area (Å²) in [6, 6.07) is 20.3. The Hall–Kier alpha value is -6.81. The highest BCUT2D eigenvalue weighted by Gasteiger charge is 2.38. The molecule has 0 saturated carbocycles. The molecule has 23 nitrogen and oxygen atoms in total. The van der Waals surface area contributed by atoms with E-state index in [9.17, 15) is 37.9 Å². The van der Waals surface area contributed by atoms with E-state index >= 15 is 0 Å². The number of likely N-dealkylation sites (tertiary alicyclic amines) is 1. The zero-order chi connectivity index (χ0) is 57.4. The van der Waals surface area contributed by atoms with Gasteiger partial charge in [0.15, 0.2) is 24.3 Å². The van der Waals surface area contributed by atoms with Crippen molar-refractivity contribution in [2.45, 2.75) is 93.4 Å². The maximum Gasteiger partial charge on any atom is 0.367 e. The number of nitrogens with zero attached hydrogens (tertiary/aromatic N) is 5. The average Bonchev–Trinajstić information content (AvgIpc) is 4.08. The molecule has 4 aromatic heterocycles. The van der Waals surface area contributed by atoms with Crippen LogP contribution in [0.15, 0.2) is 85.2 Å². The van der Waals surface area contributed by atoms with Gasteiger partial charge in [0.25, 0.3) is 0 Å². The van der Waals surface area contributed by atoms with E-state index in [1.807, 2.05) is 32.0 Å². The number of carbonyl (C=O) groups excluding carboxylic acids is 5. The quantitative estimate of drug-likeness (QED) is 0.0325. The maximum absolute atomic E-state index is 13.2. The van der Waals surface area contributed by atoms with Crippen LogP contribution in [0.25, 0.3) is 21.8 Å². The number of Topliss-reactive ketones (excluding diaryl/α,β-unsaturated/α-hetero) is 2. The molecule has 0 radical (unpaired) electrons. The summed E-state index contributed by atoms with van der Waals surface area (Å²) < 4.78 is 60.5. The number of aromatic nitrogens is 4. The summed E-state index contributed by atoms with van der Waals surface area (Å²) in [5, 5.41) is 18.8. The van der Waals surface area contributed by atoms with Crippen molar-refractivity contribution in [3.8, 4) is 11.5 Å². The molecule has 0 aliphatic carbocycles. The fourth-order valence-corrected chi connectivity index (χ4v) is 11.0. The van der Waals surface area contributed by atoms with Gasteiger partial charge in [-0.2, -0.15) is 0 Å². The van der Waals surface area contributed by atoms with E-state index in [1.165, 1.54) is 29.5 Å². The molecule has 26 heteroatoms. The van der Waals surface area contributed by atoms with Crippen molar-refractivity contribution in [2.75, 3.05) is 62.8 Å². The van der Waals surface area contributed by atoms with Gasteiger partial charge in [-0.3, -0.25) is 37.9 Å². The molecule has 2 fully saturated rings. The zero-order valence-corrected chi connectivity index (χ0v) is 48.5. The Bertz CT molecular complexity index is 3250. The number of carbonyl (C=O) groups is 6. The topological polar surface area (TPSA) is 287 Å². The predicted octanol–water partition coefficient (Wildman–Crippen LogP) is 9.03. The summed E-state index contributed by atoms with van der Waals surface area (Å²) in [5.41, 5.74) is 3.76. The van der Waals surface area contributed by atoms with Crippen LogP contribution in [0.4, 0.5) is 11.6 Å². The van der Waals surface area contributed by atoms with Crippen molar-refractivity contribution in [3.63, 3.8) is 0 Å². The van der Waals surface area contributed by atoms with Crippen LogP contribution in [0.3, 0.4) is 0 Å². The van der Waals surface area contributed by atoms with Crippen LogP contribution in [-0.2, 0) is 59.5 Å². The van der Waals surface area contributed by atoms with Gasteiger partial charge in [0, 0.05) is 63.3 Å². The minimum Gasteiger partial charge on any atom is -0.481 e. The Morgan fingerprint density at radius 3 is 1.45 bits per heavy atom. The first-order chi connectivity index (χ1) is 37.7. The Morgan fingerprint density at radius 1 is 0.650 bits per heavy atom. The van der Waals surface area contributed by atoms with Gasteiger partial charge >= 0.3 is 21.2 Å². The van der Waals surface area contributed by atoms with Crippen LogP contribution in [0.2, 0.25) is 0 Å². The van der Waals surface area contributed by atoms with E-state index in [0.29, 0.717) is 69.0 Å². The highest BCUT2D eigenvalue weighted by molar-refractivity contribution is 7.53. The third-order valence-corrected chi connectivity index (χ3v) is 15.7.